The van der Waals surface area contributed by atoms with E-state index in [9.17, 15) is 14.7 Å². The quantitative estimate of drug-likeness (QED) is 0.665. The van der Waals surface area contributed by atoms with Gasteiger partial charge in [0.1, 0.15) is 11.5 Å². The van der Waals surface area contributed by atoms with E-state index in [1.165, 1.54) is 18.0 Å². The molecule has 1 amide bonds. The Morgan fingerprint density at radius 2 is 2.00 bits per heavy atom. The third-order valence-electron chi connectivity index (χ3n) is 5.31. The first-order valence-electron chi connectivity index (χ1n) is 8.68. The minimum absolute atomic E-state index is 0.115. The molecule has 1 aromatic rings. The van der Waals surface area contributed by atoms with Gasteiger partial charge in [-0.3, -0.25) is 14.5 Å². The molecule has 2 aliphatic heterocycles. The van der Waals surface area contributed by atoms with E-state index in [1.54, 1.807) is 6.07 Å². The van der Waals surface area contributed by atoms with Gasteiger partial charge >= 0.3 is 0 Å². The van der Waals surface area contributed by atoms with E-state index in [1.807, 2.05) is 0 Å². The van der Waals surface area contributed by atoms with Gasteiger partial charge in [0.2, 0.25) is 5.78 Å². The number of Topliss-reactive ketones (excluding diaryl/α,β-unsaturated/α-hetero) is 1. The second kappa shape index (κ2) is 7.00. The van der Waals surface area contributed by atoms with Crippen LogP contribution in [0.2, 0.25) is 0 Å². The molecule has 2 unspecified atom stereocenters. The summed E-state index contributed by atoms with van der Waals surface area (Å²) < 4.78 is 6.71. The summed E-state index contributed by atoms with van der Waals surface area (Å²) in [5, 5.41) is 10.3. The van der Waals surface area contributed by atoms with Crippen LogP contribution in [-0.4, -0.2) is 34.5 Å². The van der Waals surface area contributed by atoms with Gasteiger partial charge < -0.3 is 9.84 Å². The Kier molecular flexibility index (Phi) is 5.23. The number of phenols is 1. The normalized spacial score (nSPS) is 23.0. The maximum absolute atomic E-state index is 13.1. The zero-order chi connectivity index (χ0) is 19.2. The van der Waals surface area contributed by atoms with E-state index in [0.29, 0.717) is 33.7 Å². The van der Waals surface area contributed by atoms with Crippen LogP contribution in [0.3, 0.4) is 0 Å². The van der Waals surface area contributed by atoms with Crippen molar-refractivity contribution in [2.24, 2.45) is 5.92 Å². The first kappa shape index (κ1) is 19.4. The molecule has 0 saturated heterocycles. The molecule has 0 saturated carbocycles. The number of hydrogen-bond donors (Lipinski definition) is 1. The lowest BCUT2D eigenvalue weighted by Gasteiger charge is -2.30. The summed E-state index contributed by atoms with van der Waals surface area (Å²) in [5.74, 6) is 0.449. The van der Waals surface area contributed by atoms with Crippen LogP contribution >= 0.6 is 31.9 Å². The van der Waals surface area contributed by atoms with E-state index < -0.39 is 5.72 Å². The summed E-state index contributed by atoms with van der Waals surface area (Å²) in [7, 11) is 1.53. The highest BCUT2D eigenvalue weighted by atomic mass is 79.9. The molecular weight excluding hydrogens is 466 g/mol. The highest BCUT2D eigenvalue weighted by molar-refractivity contribution is 9.14. The summed E-state index contributed by atoms with van der Waals surface area (Å²) in [6.07, 6.45) is 3.64. The number of amides is 1. The second-order valence-corrected chi connectivity index (χ2v) is 8.50. The molecule has 0 aromatic heterocycles. The summed E-state index contributed by atoms with van der Waals surface area (Å²) in [5.41, 5.74) is -0.516. The molecule has 1 N–H and O–H groups in total. The van der Waals surface area contributed by atoms with Crippen LogP contribution < -0.4 is 4.74 Å². The number of aromatic hydroxyl groups is 1. The lowest BCUT2D eigenvalue weighted by atomic mass is 9.96. The van der Waals surface area contributed by atoms with Gasteiger partial charge in [-0.1, -0.05) is 26.7 Å². The number of fused-ring (bicyclic) bond motifs is 1. The number of carbonyl (C=O) groups is 2. The molecule has 1 spiro atoms. The minimum Gasteiger partial charge on any atom is -0.508 e. The van der Waals surface area contributed by atoms with Crippen LogP contribution in [0.15, 0.2) is 21.1 Å². The molecule has 26 heavy (non-hydrogen) atoms. The van der Waals surface area contributed by atoms with Crippen molar-refractivity contribution in [2.45, 2.75) is 45.3 Å². The number of hydrogen-bond acceptors (Lipinski definition) is 4. The fraction of sp³-hybridized carbons (Fsp3) is 0.474. The lowest BCUT2D eigenvalue weighted by Crippen LogP contribution is -2.53. The molecule has 2 atom stereocenters. The molecule has 140 valence electrons. The van der Waals surface area contributed by atoms with Gasteiger partial charge in [0.05, 0.1) is 14.5 Å². The monoisotopic (exact) mass is 485 g/mol. The number of likely N-dealkylation sites (N-methyl/N-ethyl adjacent to an activating group) is 1. The molecule has 1 aromatic carbocycles. The van der Waals surface area contributed by atoms with Crippen molar-refractivity contribution in [3.05, 3.63) is 32.2 Å². The van der Waals surface area contributed by atoms with Crippen molar-refractivity contribution in [1.82, 2.24) is 4.90 Å². The van der Waals surface area contributed by atoms with Gasteiger partial charge in [0.25, 0.3) is 11.6 Å². The molecule has 0 aliphatic carbocycles. The molecule has 7 heteroatoms. The maximum Gasteiger partial charge on any atom is 0.283 e. The Labute approximate surface area is 169 Å². The minimum atomic E-state index is -1.53. The third kappa shape index (κ3) is 2.71. The summed E-state index contributed by atoms with van der Waals surface area (Å²) >= 11 is 6.58. The van der Waals surface area contributed by atoms with Crippen LogP contribution in [0.1, 0.15) is 49.0 Å². The molecule has 0 bridgehead atoms. The van der Waals surface area contributed by atoms with Crippen LogP contribution in [0.4, 0.5) is 0 Å². The summed E-state index contributed by atoms with van der Waals surface area (Å²) in [4.78, 5) is 26.7. The Hall–Kier alpha value is -1.34. The van der Waals surface area contributed by atoms with Gasteiger partial charge in [-0.05, 0) is 62.8 Å². The number of ether oxygens (including phenoxy) is 1. The Morgan fingerprint density at radius 1 is 1.31 bits per heavy atom. The zero-order valence-electron chi connectivity index (χ0n) is 14.9. The number of rotatable bonds is 5. The smallest absolute Gasteiger partial charge is 0.283 e. The number of halogens is 2. The number of nitrogens with zero attached hydrogens (tertiary/aromatic N) is 1. The Balaban J connectivity index is 1.98. The standard InChI is InChI=1S/C19H21Br2NO4/c1-4-10(2)6-5-7-11-13(23)9-8-12-15(11)26-19(17(12)24)16(21)14(20)18(25)22(19)3/h8-10,23H,4-7H2,1-3H3. The van der Waals surface area contributed by atoms with Crippen LogP contribution in [0, 0.1) is 5.92 Å². The molecule has 3 rings (SSSR count). The summed E-state index contributed by atoms with van der Waals surface area (Å²) in [6, 6.07) is 3.09. The maximum atomic E-state index is 13.1. The highest BCUT2D eigenvalue weighted by Gasteiger charge is 2.61. The average Bonchev–Trinajstić information content (AvgIpc) is 3.01. The average molecular weight is 487 g/mol. The van der Waals surface area contributed by atoms with Crippen molar-refractivity contribution < 1.29 is 19.4 Å². The first-order chi connectivity index (χ1) is 12.3. The topological polar surface area (TPSA) is 66.8 Å². The largest absolute Gasteiger partial charge is 0.508 e. The van der Waals surface area contributed by atoms with Crippen LogP contribution in [-0.2, 0) is 11.2 Å². The lowest BCUT2D eigenvalue weighted by molar-refractivity contribution is -0.131. The van der Waals surface area contributed by atoms with Gasteiger partial charge in [-0.2, -0.15) is 0 Å². The predicted octanol–water partition coefficient (Wildman–Crippen LogP) is 4.51. The molecule has 2 aliphatic rings. The molecule has 0 fully saturated rings. The van der Waals surface area contributed by atoms with Gasteiger partial charge in [-0.25, -0.2) is 0 Å². The fourth-order valence-electron chi connectivity index (χ4n) is 3.41. The fourth-order valence-corrected chi connectivity index (χ4v) is 4.64. The number of phenolic OH excluding ortho intramolecular Hbond substituents is 1. The number of carbonyl (C=O) groups excluding carboxylic acids is 2. The van der Waals surface area contributed by atoms with Crippen molar-refractivity contribution in [3.63, 3.8) is 0 Å². The predicted molar refractivity (Wildman–Crippen MR) is 106 cm³/mol. The van der Waals surface area contributed by atoms with Crippen molar-refractivity contribution in [1.29, 1.82) is 0 Å². The van der Waals surface area contributed by atoms with Crippen LogP contribution in [0.25, 0.3) is 0 Å². The first-order valence-corrected chi connectivity index (χ1v) is 10.3. The molecule has 0 radical (unpaired) electrons. The van der Waals surface area contributed by atoms with E-state index in [0.717, 1.165) is 19.3 Å². The van der Waals surface area contributed by atoms with Gasteiger partial charge in [0.15, 0.2) is 0 Å². The van der Waals surface area contributed by atoms with Gasteiger partial charge in [0, 0.05) is 12.6 Å². The zero-order valence-corrected chi connectivity index (χ0v) is 18.1. The Bertz CT molecular complexity index is 820. The Morgan fingerprint density at radius 3 is 2.58 bits per heavy atom. The van der Waals surface area contributed by atoms with Crippen molar-refractivity contribution in [2.75, 3.05) is 7.05 Å². The number of benzene rings is 1. The van der Waals surface area contributed by atoms with E-state index >= 15 is 0 Å². The van der Waals surface area contributed by atoms with Crippen molar-refractivity contribution >= 4 is 43.6 Å². The van der Waals surface area contributed by atoms with E-state index in [4.69, 9.17) is 4.74 Å². The number of ketones is 1. The van der Waals surface area contributed by atoms with E-state index in [2.05, 4.69) is 45.7 Å². The molecular formula is C19H21Br2NO4. The highest BCUT2D eigenvalue weighted by Crippen LogP contribution is 2.51. The third-order valence-corrected chi connectivity index (χ3v) is 7.52. The van der Waals surface area contributed by atoms with Crippen molar-refractivity contribution in [3.8, 4) is 11.5 Å². The molecule has 2 heterocycles. The molecule has 5 nitrogen and oxygen atoms in total. The summed E-state index contributed by atoms with van der Waals surface area (Å²) in [6.45, 7) is 4.35. The van der Waals surface area contributed by atoms with Crippen LogP contribution in [0.5, 0.6) is 11.5 Å². The SMILES string of the molecule is CCC(C)CCCc1c(O)ccc2c1OC1(C2=O)C(Br)=C(Br)C(=O)N1C. The van der Waals surface area contributed by atoms with E-state index in [-0.39, 0.29) is 21.9 Å². The second-order valence-electron chi connectivity index (χ2n) is 6.91. The van der Waals surface area contributed by atoms with Gasteiger partial charge in [-0.15, -0.1) is 0 Å².